The number of ether oxygens (including phenoxy) is 2. The smallest absolute Gasteiger partial charge is 0.310 e. The zero-order valence-corrected chi connectivity index (χ0v) is 23.1. The molecule has 0 bridgehead atoms. The Balaban J connectivity index is 1.04. The first kappa shape index (κ1) is 25.1. The van der Waals surface area contributed by atoms with Crippen molar-refractivity contribution in [2.45, 2.75) is 56.8 Å². The molecule has 38 heavy (non-hydrogen) atoms. The molecular formula is C32H39ClN2O3. The quantitative estimate of drug-likeness (QED) is 0.370. The summed E-state index contributed by atoms with van der Waals surface area (Å²) >= 11 is 6.21. The molecule has 0 radical (unpaired) electrons. The van der Waals surface area contributed by atoms with Crippen LogP contribution in [0.4, 0.5) is 0 Å². The van der Waals surface area contributed by atoms with Crippen LogP contribution in [0.1, 0.15) is 56.2 Å². The highest BCUT2D eigenvalue weighted by atomic mass is 35.5. The van der Waals surface area contributed by atoms with Crippen molar-refractivity contribution in [2.75, 3.05) is 39.3 Å². The number of carbonyl (C=O) groups is 1. The first-order valence-corrected chi connectivity index (χ1v) is 14.9. The van der Waals surface area contributed by atoms with Crippen molar-refractivity contribution >= 4 is 17.6 Å². The van der Waals surface area contributed by atoms with E-state index < -0.39 is 0 Å². The summed E-state index contributed by atoms with van der Waals surface area (Å²) in [5.74, 6) is 0.947. The summed E-state index contributed by atoms with van der Waals surface area (Å²) in [7, 11) is 0. The van der Waals surface area contributed by atoms with Crippen molar-refractivity contribution in [3.8, 4) is 0 Å². The lowest BCUT2D eigenvalue weighted by Crippen LogP contribution is -2.52. The van der Waals surface area contributed by atoms with Crippen molar-refractivity contribution in [1.29, 1.82) is 0 Å². The predicted octanol–water partition coefficient (Wildman–Crippen LogP) is 5.57. The highest BCUT2D eigenvalue weighted by molar-refractivity contribution is 6.30. The minimum absolute atomic E-state index is 0.00462. The summed E-state index contributed by atoms with van der Waals surface area (Å²) < 4.78 is 12.2. The second-order valence-corrected chi connectivity index (χ2v) is 13.2. The number of benzene rings is 2. The van der Waals surface area contributed by atoms with Crippen molar-refractivity contribution in [3.63, 3.8) is 0 Å². The molecule has 6 heteroatoms. The van der Waals surface area contributed by atoms with Crippen LogP contribution >= 0.6 is 11.6 Å². The first-order valence-electron chi connectivity index (χ1n) is 14.6. The molecule has 3 aliphatic heterocycles. The monoisotopic (exact) mass is 534 g/mol. The normalized spacial score (nSPS) is 37.9. The van der Waals surface area contributed by atoms with Crippen molar-refractivity contribution in [2.24, 2.45) is 23.2 Å². The standard InChI is InChI=1S/C32H39ClN2O3/c1-31-12-5-13-32(21-37-32)28(31)18-25-26(30(36)38-27(25)19-31)20-34-14-16-35(17-15-34)29(22-6-3-2-4-7-22)23-8-10-24(33)11-9-23/h2-4,6-11,25-29H,5,12-21H2,1H3/t25-,26+,27+,28+,29-,31+,32+/m0/s1. The molecular weight excluding hydrogens is 496 g/mol. The maximum Gasteiger partial charge on any atom is 0.310 e. The van der Waals surface area contributed by atoms with Crippen molar-refractivity contribution < 1.29 is 14.3 Å². The van der Waals surface area contributed by atoms with Gasteiger partial charge in [0.15, 0.2) is 0 Å². The lowest BCUT2D eigenvalue weighted by molar-refractivity contribution is -0.147. The summed E-state index contributed by atoms with van der Waals surface area (Å²) in [5, 5.41) is 0.766. The lowest BCUT2D eigenvalue weighted by Gasteiger charge is -2.51. The van der Waals surface area contributed by atoms with E-state index in [-0.39, 0.29) is 35.0 Å². The molecule has 2 aromatic carbocycles. The Labute approximate surface area is 231 Å². The Morgan fingerprint density at radius 1 is 1.00 bits per heavy atom. The van der Waals surface area contributed by atoms with Gasteiger partial charge in [-0.05, 0) is 66.7 Å². The summed E-state index contributed by atoms with van der Waals surface area (Å²) in [6.07, 6.45) is 5.88. The van der Waals surface area contributed by atoms with Crippen LogP contribution in [0, 0.1) is 23.2 Å². The molecule has 0 aromatic heterocycles. The van der Waals surface area contributed by atoms with E-state index in [2.05, 4.69) is 59.2 Å². The molecule has 202 valence electrons. The van der Waals surface area contributed by atoms with Crippen LogP contribution in [0.15, 0.2) is 54.6 Å². The van der Waals surface area contributed by atoms with E-state index >= 15 is 0 Å². The number of nitrogens with zero attached hydrogens (tertiary/aromatic N) is 2. The Morgan fingerprint density at radius 2 is 1.71 bits per heavy atom. The summed E-state index contributed by atoms with van der Waals surface area (Å²) in [5.41, 5.74) is 2.93. The number of hydrogen-bond acceptors (Lipinski definition) is 5. The van der Waals surface area contributed by atoms with Crippen LogP contribution in [0.2, 0.25) is 5.02 Å². The van der Waals surface area contributed by atoms with E-state index in [4.69, 9.17) is 21.1 Å². The Bertz CT molecular complexity index is 1160. The van der Waals surface area contributed by atoms with Crippen LogP contribution < -0.4 is 0 Å². The molecule has 0 unspecified atom stereocenters. The summed E-state index contributed by atoms with van der Waals surface area (Å²) in [6.45, 7) is 8.04. The largest absolute Gasteiger partial charge is 0.462 e. The van der Waals surface area contributed by atoms with Gasteiger partial charge in [-0.2, -0.15) is 0 Å². The van der Waals surface area contributed by atoms with Gasteiger partial charge < -0.3 is 9.47 Å². The van der Waals surface area contributed by atoms with E-state index in [1.165, 1.54) is 30.4 Å². The zero-order valence-electron chi connectivity index (χ0n) is 22.4. The van der Waals surface area contributed by atoms with Crippen LogP contribution in [-0.4, -0.2) is 66.8 Å². The maximum absolute atomic E-state index is 13.2. The molecule has 5 nitrogen and oxygen atoms in total. The number of carbonyl (C=O) groups excluding carboxylic acids is 1. The van der Waals surface area contributed by atoms with Crippen LogP contribution in [0.3, 0.4) is 0 Å². The fraction of sp³-hybridized carbons (Fsp3) is 0.594. The van der Waals surface area contributed by atoms with Gasteiger partial charge >= 0.3 is 5.97 Å². The van der Waals surface area contributed by atoms with Gasteiger partial charge in [0.25, 0.3) is 0 Å². The third kappa shape index (κ3) is 4.40. The highest BCUT2D eigenvalue weighted by Gasteiger charge is 2.65. The topological polar surface area (TPSA) is 45.3 Å². The third-order valence-electron chi connectivity index (χ3n) is 10.6. The van der Waals surface area contributed by atoms with Gasteiger partial charge in [-0.25, -0.2) is 0 Å². The van der Waals surface area contributed by atoms with Gasteiger partial charge in [-0.1, -0.05) is 61.0 Å². The average molecular weight is 535 g/mol. The molecule has 3 saturated heterocycles. The Morgan fingerprint density at radius 3 is 2.42 bits per heavy atom. The number of fused-ring (bicyclic) bond motifs is 3. The van der Waals surface area contributed by atoms with Gasteiger partial charge in [-0.15, -0.1) is 0 Å². The van der Waals surface area contributed by atoms with E-state index in [1.54, 1.807) is 0 Å². The molecule has 2 saturated carbocycles. The molecule has 3 heterocycles. The average Bonchev–Trinajstić information content (AvgIpc) is 3.63. The van der Waals surface area contributed by atoms with E-state index in [0.717, 1.165) is 57.2 Å². The molecule has 2 aliphatic carbocycles. The minimum Gasteiger partial charge on any atom is -0.462 e. The van der Waals surface area contributed by atoms with Gasteiger partial charge in [0.05, 0.1) is 24.2 Å². The first-order chi connectivity index (χ1) is 18.4. The van der Waals surface area contributed by atoms with E-state index in [0.29, 0.717) is 11.8 Å². The zero-order chi connectivity index (χ0) is 25.9. The molecule has 0 N–H and O–H groups in total. The number of halogens is 1. The highest BCUT2D eigenvalue weighted by Crippen LogP contribution is 2.62. The molecule has 7 atom stereocenters. The molecule has 1 spiro atoms. The van der Waals surface area contributed by atoms with Crippen LogP contribution in [0.25, 0.3) is 0 Å². The fourth-order valence-corrected chi connectivity index (χ4v) is 8.67. The summed E-state index contributed by atoms with van der Waals surface area (Å²) in [6, 6.07) is 19.2. The summed E-state index contributed by atoms with van der Waals surface area (Å²) in [4.78, 5) is 18.3. The third-order valence-corrected chi connectivity index (χ3v) is 10.9. The fourth-order valence-electron chi connectivity index (χ4n) is 8.54. The van der Waals surface area contributed by atoms with Gasteiger partial charge in [-0.3, -0.25) is 14.6 Å². The number of epoxide rings is 1. The van der Waals surface area contributed by atoms with Gasteiger partial charge in [0.2, 0.25) is 0 Å². The number of hydrogen-bond donors (Lipinski definition) is 0. The van der Waals surface area contributed by atoms with Crippen LogP contribution in [0.5, 0.6) is 0 Å². The predicted molar refractivity (Wildman–Crippen MR) is 148 cm³/mol. The van der Waals surface area contributed by atoms with Crippen molar-refractivity contribution in [3.05, 3.63) is 70.7 Å². The van der Waals surface area contributed by atoms with E-state index in [9.17, 15) is 4.79 Å². The molecule has 5 aliphatic rings. The minimum atomic E-state index is -0.00462. The molecule has 2 aromatic rings. The Hall–Kier alpha value is -1.92. The van der Waals surface area contributed by atoms with Gasteiger partial charge in [0.1, 0.15) is 6.10 Å². The molecule has 0 amide bonds. The SMILES string of the molecule is C[C@]12CCC[C@@]3(CO3)[C@@H]1C[C@@H]1[C@@H](C2)OC(=O)[C@@H]1CN1CCN([C@@H](c2ccccc2)c2ccc(Cl)cc2)CC1. The van der Waals surface area contributed by atoms with Gasteiger partial charge in [0, 0.05) is 43.7 Å². The van der Waals surface area contributed by atoms with Crippen molar-refractivity contribution in [1.82, 2.24) is 9.80 Å². The molecule has 5 fully saturated rings. The molecule has 7 rings (SSSR count). The number of piperazine rings is 1. The Kier molecular flexibility index (Phi) is 6.35. The maximum atomic E-state index is 13.2. The number of rotatable bonds is 5. The van der Waals surface area contributed by atoms with E-state index in [1.807, 2.05) is 12.1 Å². The van der Waals surface area contributed by atoms with Crippen LogP contribution in [-0.2, 0) is 14.3 Å². The lowest BCUT2D eigenvalue weighted by atomic mass is 9.53. The number of esters is 1. The second kappa shape index (κ2) is 9.62. The second-order valence-electron chi connectivity index (χ2n) is 12.8.